The Bertz CT molecular complexity index is 877. The minimum absolute atomic E-state index is 0.0228. The van der Waals surface area contributed by atoms with Crippen LogP contribution in [0.2, 0.25) is 0 Å². The third kappa shape index (κ3) is 4.14. The monoisotopic (exact) mass is 415 g/mol. The first kappa shape index (κ1) is 18.6. The first-order valence-corrected chi connectivity index (χ1v) is 9.20. The quantitative estimate of drug-likeness (QED) is 0.566. The second-order valence-electron chi connectivity index (χ2n) is 6.36. The maximum atomic E-state index is 5.91. The lowest BCUT2D eigenvalue weighted by Crippen LogP contribution is -2.22. The van der Waals surface area contributed by atoms with Crippen molar-refractivity contribution in [3.63, 3.8) is 0 Å². The number of nitrogens with zero attached hydrogens (tertiary/aromatic N) is 3. The number of benzene rings is 2. The summed E-state index contributed by atoms with van der Waals surface area (Å²) in [5.74, 6) is 2.00. The Morgan fingerprint density at radius 1 is 1.15 bits per heavy atom. The van der Waals surface area contributed by atoms with Gasteiger partial charge in [0.2, 0.25) is 11.8 Å². The predicted octanol–water partition coefficient (Wildman–Crippen LogP) is 5.01. The molecule has 0 aliphatic heterocycles. The van der Waals surface area contributed by atoms with Crippen LogP contribution in [0.1, 0.15) is 30.0 Å². The molecular weight excluding hydrogens is 394 g/mol. The van der Waals surface area contributed by atoms with Gasteiger partial charge >= 0.3 is 0 Å². The number of ether oxygens (including phenoxy) is 1. The largest absolute Gasteiger partial charge is 0.496 e. The Labute approximate surface area is 162 Å². The lowest BCUT2D eigenvalue weighted by Gasteiger charge is -2.23. The van der Waals surface area contributed by atoms with Gasteiger partial charge in [-0.2, -0.15) is 0 Å². The Morgan fingerprint density at radius 2 is 1.88 bits per heavy atom. The van der Waals surface area contributed by atoms with E-state index in [4.69, 9.17) is 9.15 Å². The number of hydrogen-bond acceptors (Lipinski definition) is 5. The second kappa shape index (κ2) is 8.01. The molecule has 0 bridgehead atoms. The van der Waals surface area contributed by atoms with Crippen molar-refractivity contribution >= 4 is 15.9 Å². The van der Waals surface area contributed by atoms with Gasteiger partial charge in [-0.3, -0.25) is 4.90 Å². The van der Waals surface area contributed by atoms with Gasteiger partial charge in [0.05, 0.1) is 13.2 Å². The Balaban J connectivity index is 1.76. The fourth-order valence-electron chi connectivity index (χ4n) is 2.68. The summed E-state index contributed by atoms with van der Waals surface area (Å²) in [6.07, 6.45) is 0. The number of aryl methyl sites for hydroxylation is 1. The lowest BCUT2D eigenvalue weighted by atomic mass is 10.1. The third-order valence-electron chi connectivity index (χ3n) is 4.42. The highest BCUT2D eigenvalue weighted by Crippen LogP contribution is 2.28. The Kier molecular flexibility index (Phi) is 5.74. The van der Waals surface area contributed by atoms with Crippen LogP contribution in [0.3, 0.4) is 0 Å². The summed E-state index contributed by atoms with van der Waals surface area (Å²) in [6, 6.07) is 14.0. The molecule has 1 atom stereocenters. The molecule has 136 valence electrons. The molecule has 0 N–H and O–H groups in total. The van der Waals surface area contributed by atoms with Crippen LogP contribution in [0.15, 0.2) is 51.4 Å². The van der Waals surface area contributed by atoms with Crippen molar-refractivity contribution in [3.05, 3.63) is 64.0 Å². The number of rotatable bonds is 6. The molecule has 1 heterocycles. The van der Waals surface area contributed by atoms with Crippen LogP contribution in [0.25, 0.3) is 11.5 Å². The number of aromatic nitrogens is 2. The van der Waals surface area contributed by atoms with Crippen molar-refractivity contribution in [2.75, 3.05) is 14.2 Å². The molecule has 0 aliphatic rings. The third-order valence-corrected chi connectivity index (χ3v) is 4.91. The number of methoxy groups -OCH3 is 1. The fourth-order valence-corrected chi connectivity index (χ4v) is 3.09. The van der Waals surface area contributed by atoms with Gasteiger partial charge in [0.1, 0.15) is 5.75 Å². The van der Waals surface area contributed by atoms with Crippen LogP contribution in [0.4, 0.5) is 0 Å². The maximum absolute atomic E-state index is 5.91. The zero-order valence-electron chi connectivity index (χ0n) is 15.4. The molecule has 0 amide bonds. The molecule has 0 saturated carbocycles. The molecule has 3 rings (SSSR count). The maximum Gasteiger partial charge on any atom is 0.247 e. The first-order chi connectivity index (χ1) is 12.5. The minimum atomic E-state index is -0.0228. The van der Waals surface area contributed by atoms with Crippen LogP contribution >= 0.6 is 15.9 Å². The first-order valence-electron chi connectivity index (χ1n) is 8.41. The van der Waals surface area contributed by atoms with Gasteiger partial charge in [0.25, 0.3) is 0 Å². The number of halogens is 1. The standard InChI is InChI=1S/C20H22BrN3O2/c1-13-5-7-15(8-6-13)20-23-22-19(26-20)14(2)24(3)12-16-11-17(21)9-10-18(16)25-4/h5-11,14H,12H2,1-4H3/t14-/m1/s1. The van der Waals surface area contributed by atoms with Gasteiger partial charge in [0, 0.05) is 22.1 Å². The van der Waals surface area contributed by atoms with E-state index in [2.05, 4.69) is 50.9 Å². The van der Waals surface area contributed by atoms with E-state index in [1.807, 2.05) is 43.4 Å². The highest BCUT2D eigenvalue weighted by Gasteiger charge is 2.20. The highest BCUT2D eigenvalue weighted by molar-refractivity contribution is 9.10. The molecule has 0 saturated heterocycles. The van der Waals surface area contributed by atoms with Crippen molar-refractivity contribution in [1.29, 1.82) is 0 Å². The summed E-state index contributed by atoms with van der Waals surface area (Å²) in [7, 11) is 3.71. The topological polar surface area (TPSA) is 51.4 Å². The van der Waals surface area contributed by atoms with Crippen LogP contribution in [0, 0.1) is 6.92 Å². The van der Waals surface area contributed by atoms with E-state index in [0.717, 1.165) is 21.3 Å². The molecule has 0 unspecified atom stereocenters. The summed E-state index contributed by atoms with van der Waals surface area (Å²) in [6.45, 7) is 4.80. The Morgan fingerprint density at radius 3 is 2.58 bits per heavy atom. The van der Waals surface area contributed by atoms with E-state index >= 15 is 0 Å². The molecule has 0 fully saturated rings. The number of hydrogen-bond donors (Lipinski definition) is 0. The zero-order valence-corrected chi connectivity index (χ0v) is 16.9. The molecule has 6 heteroatoms. The summed E-state index contributed by atoms with van der Waals surface area (Å²) >= 11 is 3.52. The van der Waals surface area contributed by atoms with Gasteiger partial charge in [0.15, 0.2) is 0 Å². The summed E-state index contributed by atoms with van der Waals surface area (Å²) < 4.78 is 12.4. The van der Waals surface area contributed by atoms with Gasteiger partial charge in [-0.15, -0.1) is 10.2 Å². The molecule has 0 spiro atoms. The van der Waals surface area contributed by atoms with Crippen LogP contribution < -0.4 is 4.74 Å². The zero-order chi connectivity index (χ0) is 18.7. The lowest BCUT2D eigenvalue weighted by molar-refractivity contribution is 0.215. The van der Waals surface area contributed by atoms with E-state index in [1.54, 1.807) is 7.11 Å². The SMILES string of the molecule is COc1ccc(Br)cc1CN(C)[C@H](C)c1nnc(-c2ccc(C)cc2)o1. The summed E-state index contributed by atoms with van der Waals surface area (Å²) in [5.41, 5.74) is 3.22. The molecule has 1 aromatic heterocycles. The van der Waals surface area contributed by atoms with Crippen molar-refractivity contribution in [2.45, 2.75) is 26.4 Å². The smallest absolute Gasteiger partial charge is 0.247 e. The van der Waals surface area contributed by atoms with E-state index in [0.29, 0.717) is 18.3 Å². The fraction of sp³-hybridized carbons (Fsp3) is 0.300. The van der Waals surface area contributed by atoms with E-state index in [-0.39, 0.29) is 6.04 Å². The van der Waals surface area contributed by atoms with Crippen LogP contribution in [-0.4, -0.2) is 29.3 Å². The summed E-state index contributed by atoms with van der Waals surface area (Å²) in [4.78, 5) is 2.15. The Hall–Kier alpha value is -2.18. The van der Waals surface area contributed by atoms with Crippen LogP contribution in [0.5, 0.6) is 5.75 Å². The van der Waals surface area contributed by atoms with Gasteiger partial charge in [-0.1, -0.05) is 33.6 Å². The predicted molar refractivity (Wildman–Crippen MR) is 105 cm³/mol. The highest BCUT2D eigenvalue weighted by atomic mass is 79.9. The molecule has 26 heavy (non-hydrogen) atoms. The van der Waals surface area contributed by atoms with Gasteiger partial charge in [-0.05, 0) is 51.2 Å². The molecule has 3 aromatic rings. The van der Waals surface area contributed by atoms with Gasteiger partial charge in [-0.25, -0.2) is 0 Å². The average molecular weight is 416 g/mol. The average Bonchev–Trinajstić information content (AvgIpc) is 3.12. The van der Waals surface area contributed by atoms with Crippen molar-refractivity contribution in [1.82, 2.24) is 15.1 Å². The summed E-state index contributed by atoms with van der Waals surface area (Å²) in [5, 5.41) is 8.44. The van der Waals surface area contributed by atoms with Gasteiger partial charge < -0.3 is 9.15 Å². The van der Waals surface area contributed by atoms with Crippen molar-refractivity contribution in [2.24, 2.45) is 0 Å². The molecular formula is C20H22BrN3O2. The molecule has 0 radical (unpaired) electrons. The minimum Gasteiger partial charge on any atom is -0.496 e. The normalized spacial score (nSPS) is 12.4. The van der Waals surface area contributed by atoms with Crippen LogP contribution in [-0.2, 0) is 6.54 Å². The second-order valence-corrected chi connectivity index (χ2v) is 7.27. The molecule has 0 aliphatic carbocycles. The molecule has 2 aromatic carbocycles. The van der Waals surface area contributed by atoms with E-state index in [9.17, 15) is 0 Å². The van der Waals surface area contributed by atoms with Crippen molar-refractivity contribution in [3.8, 4) is 17.2 Å². The van der Waals surface area contributed by atoms with E-state index < -0.39 is 0 Å². The van der Waals surface area contributed by atoms with Crippen molar-refractivity contribution < 1.29 is 9.15 Å². The molecule has 5 nitrogen and oxygen atoms in total. The van der Waals surface area contributed by atoms with E-state index in [1.165, 1.54) is 5.56 Å².